The van der Waals surface area contributed by atoms with E-state index in [2.05, 4.69) is 10.5 Å². The molecular formula is C23H20FN3O3. The molecule has 7 heteroatoms. The number of hydrogen-bond donors (Lipinski definition) is 1. The first-order valence-corrected chi connectivity index (χ1v) is 9.39. The van der Waals surface area contributed by atoms with Gasteiger partial charge in [0.25, 0.3) is 5.91 Å². The van der Waals surface area contributed by atoms with Gasteiger partial charge in [-0.25, -0.2) is 4.39 Å². The molecule has 2 aromatic carbocycles. The van der Waals surface area contributed by atoms with Crippen molar-refractivity contribution in [2.45, 2.75) is 20.8 Å². The Hall–Kier alpha value is -3.87. The summed E-state index contributed by atoms with van der Waals surface area (Å²) in [5.41, 5.74) is 1.86. The summed E-state index contributed by atoms with van der Waals surface area (Å²) in [5.74, 6) is 0.974. The van der Waals surface area contributed by atoms with Gasteiger partial charge in [-0.15, -0.1) is 0 Å². The second-order valence-corrected chi connectivity index (χ2v) is 6.90. The maximum Gasteiger partial charge on any atom is 0.257 e. The third-order valence-electron chi connectivity index (χ3n) is 4.71. The van der Waals surface area contributed by atoms with E-state index in [0.717, 1.165) is 5.69 Å². The lowest BCUT2D eigenvalue weighted by Crippen LogP contribution is -2.15. The molecule has 0 aliphatic carbocycles. The van der Waals surface area contributed by atoms with Crippen LogP contribution in [0.5, 0.6) is 11.5 Å². The molecule has 1 amide bonds. The highest BCUT2D eigenvalue weighted by Crippen LogP contribution is 2.32. The maximum absolute atomic E-state index is 14.6. The zero-order valence-electron chi connectivity index (χ0n) is 16.8. The van der Waals surface area contributed by atoms with Crippen LogP contribution in [0.15, 0.2) is 65.2 Å². The van der Waals surface area contributed by atoms with E-state index in [4.69, 9.17) is 9.26 Å². The number of ether oxygens (including phenoxy) is 1. The molecule has 30 heavy (non-hydrogen) atoms. The Labute approximate surface area is 172 Å². The van der Waals surface area contributed by atoms with Crippen molar-refractivity contribution in [2.75, 3.05) is 5.32 Å². The Morgan fingerprint density at radius 1 is 1.07 bits per heavy atom. The molecule has 0 radical (unpaired) electrons. The average Bonchev–Trinajstić information content (AvgIpc) is 3.27. The van der Waals surface area contributed by atoms with Crippen LogP contribution in [0.3, 0.4) is 0 Å². The van der Waals surface area contributed by atoms with Crippen LogP contribution in [0, 0.1) is 26.6 Å². The smallest absolute Gasteiger partial charge is 0.257 e. The molecule has 0 aliphatic heterocycles. The molecule has 0 spiro atoms. The second-order valence-electron chi connectivity index (χ2n) is 6.90. The third kappa shape index (κ3) is 3.69. The summed E-state index contributed by atoms with van der Waals surface area (Å²) in [7, 11) is 0. The number of aromatic nitrogens is 2. The number of para-hydroxylation sites is 2. The lowest BCUT2D eigenvalue weighted by Gasteiger charge is -2.13. The molecule has 0 saturated carbocycles. The highest BCUT2D eigenvalue weighted by Gasteiger charge is 2.21. The molecule has 2 heterocycles. The van der Waals surface area contributed by atoms with Crippen molar-refractivity contribution in [1.82, 2.24) is 9.72 Å². The SMILES string of the molecule is Cc1cc(-n2c(C)cc(C(=O)Nc3c(F)cccc3Oc3ccccc3)c2C)no1. The van der Waals surface area contributed by atoms with Crippen LogP contribution in [0.25, 0.3) is 5.82 Å². The minimum Gasteiger partial charge on any atom is -0.455 e. The van der Waals surface area contributed by atoms with Crippen LogP contribution in [0.1, 0.15) is 27.5 Å². The molecule has 4 rings (SSSR count). The van der Waals surface area contributed by atoms with Gasteiger partial charge >= 0.3 is 0 Å². The van der Waals surface area contributed by atoms with Gasteiger partial charge < -0.3 is 14.6 Å². The number of carbonyl (C=O) groups is 1. The van der Waals surface area contributed by atoms with Gasteiger partial charge in [0, 0.05) is 17.5 Å². The molecule has 0 atom stereocenters. The fourth-order valence-corrected chi connectivity index (χ4v) is 3.31. The van der Waals surface area contributed by atoms with Crippen molar-refractivity contribution in [3.63, 3.8) is 0 Å². The first kappa shape index (κ1) is 19.4. The highest BCUT2D eigenvalue weighted by atomic mass is 19.1. The molecule has 2 aromatic heterocycles. The summed E-state index contributed by atoms with van der Waals surface area (Å²) in [4.78, 5) is 13.0. The first-order chi connectivity index (χ1) is 14.4. The topological polar surface area (TPSA) is 69.3 Å². The number of nitrogens with zero attached hydrogens (tertiary/aromatic N) is 2. The number of carbonyl (C=O) groups excluding carboxylic acids is 1. The molecule has 4 aromatic rings. The summed E-state index contributed by atoms with van der Waals surface area (Å²) in [6, 6.07) is 16.9. The van der Waals surface area contributed by atoms with Gasteiger partial charge in [0.2, 0.25) is 0 Å². The maximum atomic E-state index is 14.6. The highest BCUT2D eigenvalue weighted by molar-refractivity contribution is 6.06. The van der Waals surface area contributed by atoms with E-state index in [1.165, 1.54) is 12.1 Å². The molecule has 1 N–H and O–H groups in total. The van der Waals surface area contributed by atoms with Gasteiger partial charge in [-0.05, 0) is 51.1 Å². The molecule has 152 valence electrons. The Morgan fingerprint density at radius 2 is 1.83 bits per heavy atom. The van der Waals surface area contributed by atoms with Crippen LogP contribution < -0.4 is 10.1 Å². The zero-order chi connectivity index (χ0) is 21.3. The van der Waals surface area contributed by atoms with Crippen LogP contribution in [-0.4, -0.2) is 15.6 Å². The summed E-state index contributed by atoms with van der Waals surface area (Å²) in [5, 5.41) is 6.67. The predicted molar refractivity (Wildman–Crippen MR) is 111 cm³/mol. The number of hydrogen-bond acceptors (Lipinski definition) is 4. The van der Waals surface area contributed by atoms with Crippen LogP contribution >= 0.6 is 0 Å². The van der Waals surface area contributed by atoms with Gasteiger partial charge in [-0.1, -0.05) is 29.4 Å². The Bertz CT molecular complexity index is 1210. The molecule has 6 nitrogen and oxygen atoms in total. The monoisotopic (exact) mass is 405 g/mol. The van der Waals surface area contributed by atoms with E-state index in [0.29, 0.717) is 28.6 Å². The van der Waals surface area contributed by atoms with E-state index in [9.17, 15) is 9.18 Å². The normalized spacial score (nSPS) is 10.8. The summed E-state index contributed by atoms with van der Waals surface area (Å²) < 4.78 is 27.3. The summed E-state index contributed by atoms with van der Waals surface area (Å²) in [6.45, 7) is 5.46. The van der Waals surface area contributed by atoms with E-state index in [-0.39, 0.29) is 11.4 Å². The van der Waals surface area contributed by atoms with E-state index in [1.54, 1.807) is 44.2 Å². The Balaban J connectivity index is 1.65. The molecule has 0 aliphatic rings. The molecule has 0 fully saturated rings. The number of aryl methyl sites for hydroxylation is 2. The summed E-state index contributed by atoms with van der Waals surface area (Å²) >= 11 is 0. The van der Waals surface area contributed by atoms with Crippen molar-refractivity contribution in [2.24, 2.45) is 0 Å². The Morgan fingerprint density at radius 3 is 2.53 bits per heavy atom. The van der Waals surface area contributed by atoms with Crippen LogP contribution in [-0.2, 0) is 0 Å². The Kier molecular flexibility index (Phi) is 5.10. The number of nitrogens with one attached hydrogen (secondary N) is 1. The molecule has 0 bridgehead atoms. The zero-order valence-corrected chi connectivity index (χ0v) is 16.8. The van der Waals surface area contributed by atoms with Crippen molar-refractivity contribution in [3.8, 4) is 17.3 Å². The largest absolute Gasteiger partial charge is 0.455 e. The van der Waals surface area contributed by atoms with Crippen molar-refractivity contribution in [3.05, 3.63) is 89.2 Å². The number of halogens is 1. The minimum atomic E-state index is -0.585. The molecule has 0 unspecified atom stereocenters. The number of anilines is 1. The van der Waals surface area contributed by atoms with Crippen LogP contribution in [0.4, 0.5) is 10.1 Å². The van der Waals surface area contributed by atoms with E-state index >= 15 is 0 Å². The lowest BCUT2D eigenvalue weighted by molar-refractivity contribution is 0.102. The van der Waals surface area contributed by atoms with E-state index < -0.39 is 11.7 Å². The number of benzene rings is 2. The second kappa shape index (κ2) is 7.87. The van der Waals surface area contributed by atoms with Gasteiger partial charge in [-0.3, -0.25) is 9.36 Å². The van der Waals surface area contributed by atoms with Crippen molar-refractivity contribution in [1.29, 1.82) is 0 Å². The van der Waals surface area contributed by atoms with Crippen molar-refractivity contribution >= 4 is 11.6 Å². The summed E-state index contributed by atoms with van der Waals surface area (Å²) in [6.07, 6.45) is 0. The quantitative estimate of drug-likeness (QED) is 0.471. The molecular weight excluding hydrogens is 385 g/mol. The predicted octanol–water partition coefficient (Wildman–Crippen LogP) is 5.57. The van der Waals surface area contributed by atoms with Crippen molar-refractivity contribution < 1.29 is 18.4 Å². The van der Waals surface area contributed by atoms with Gasteiger partial charge in [0.1, 0.15) is 17.2 Å². The van der Waals surface area contributed by atoms with E-state index in [1.807, 2.05) is 29.7 Å². The standard InChI is InChI=1S/C23H20FN3O3/c1-14-12-18(16(3)27(14)21-13-15(2)30-26-21)23(28)25-22-19(24)10-7-11-20(22)29-17-8-5-4-6-9-17/h4-13H,1-3H3,(H,25,28). The van der Waals surface area contributed by atoms with Crippen LogP contribution in [0.2, 0.25) is 0 Å². The number of amides is 1. The molecule has 0 saturated heterocycles. The van der Waals surface area contributed by atoms with Gasteiger partial charge in [0.15, 0.2) is 17.4 Å². The van der Waals surface area contributed by atoms with Gasteiger partial charge in [-0.2, -0.15) is 0 Å². The third-order valence-corrected chi connectivity index (χ3v) is 4.71. The average molecular weight is 405 g/mol. The van der Waals surface area contributed by atoms with Gasteiger partial charge in [0.05, 0.1) is 5.56 Å². The lowest BCUT2D eigenvalue weighted by atomic mass is 10.2. The fraction of sp³-hybridized carbons (Fsp3) is 0.130. The first-order valence-electron chi connectivity index (χ1n) is 9.39. The fourth-order valence-electron chi connectivity index (χ4n) is 3.31. The minimum absolute atomic E-state index is 0.0200. The number of rotatable bonds is 5.